The average Bonchev–Trinajstić information content (AvgIpc) is 2.77. The number of rotatable bonds is 5. The van der Waals surface area contributed by atoms with Crippen LogP contribution in [0.1, 0.15) is 32.1 Å². The summed E-state index contributed by atoms with van der Waals surface area (Å²) in [4.78, 5) is 14.1. The van der Waals surface area contributed by atoms with Gasteiger partial charge < -0.3 is 15.4 Å². The lowest BCUT2D eigenvalue weighted by molar-refractivity contribution is -0.169. The van der Waals surface area contributed by atoms with Gasteiger partial charge in [0.15, 0.2) is 0 Å². The van der Waals surface area contributed by atoms with Crippen LogP contribution in [0.15, 0.2) is 0 Å². The van der Waals surface area contributed by atoms with Crippen LogP contribution in [0.25, 0.3) is 0 Å². The van der Waals surface area contributed by atoms with Crippen molar-refractivity contribution in [2.24, 2.45) is 17.1 Å². The van der Waals surface area contributed by atoms with E-state index in [2.05, 4.69) is 0 Å². The second-order valence-corrected chi connectivity index (χ2v) is 5.64. The first-order chi connectivity index (χ1) is 8.18. The van der Waals surface area contributed by atoms with E-state index in [0.29, 0.717) is 19.8 Å². The Morgan fingerprint density at radius 2 is 2.06 bits per heavy atom. The maximum Gasteiger partial charge on any atom is 0.234 e. The van der Waals surface area contributed by atoms with Crippen molar-refractivity contribution in [3.05, 3.63) is 0 Å². The smallest absolute Gasteiger partial charge is 0.234 e. The molecule has 1 aliphatic carbocycles. The van der Waals surface area contributed by atoms with Gasteiger partial charge in [-0.2, -0.15) is 0 Å². The van der Waals surface area contributed by atoms with Gasteiger partial charge in [-0.3, -0.25) is 4.79 Å². The van der Waals surface area contributed by atoms with Gasteiger partial charge in [0.2, 0.25) is 5.91 Å². The molecule has 17 heavy (non-hydrogen) atoms. The highest BCUT2D eigenvalue weighted by Crippen LogP contribution is 2.30. The number of hydrogen-bond donors (Lipinski definition) is 1. The molecule has 0 radical (unpaired) electrons. The van der Waals surface area contributed by atoms with Crippen LogP contribution in [0.3, 0.4) is 0 Å². The van der Waals surface area contributed by atoms with E-state index in [1.807, 2.05) is 11.9 Å². The van der Waals surface area contributed by atoms with E-state index >= 15 is 0 Å². The van der Waals surface area contributed by atoms with Crippen LogP contribution in [0, 0.1) is 11.3 Å². The fourth-order valence-electron chi connectivity index (χ4n) is 2.86. The SMILES string of the molecule is CN(CCC1CCCC1)C(=O)C1(CN)COC1. The van der Waals surface area contributed by atoms with E-state index in [0.717, 1.165) is 18.9 Å². The molecular formula is C13H24N2O2. The van der Waals surface area contributed by atoms with Gasteiger partial charge in [-0.1, -0.05) is 25.7 Å². The fraction of sp³-hybridized carbons (Fsp3) is 0.923. The molecule has 0 atom stereocenters. The molecule has 4 nitrogen and oxygen atoms in total. The lowest BCUT2D eigenvalue weighted by atomic mass is 9.84. The minimum absolute atomic E-state index is 0.171. The first-order valence-corrected chi connectivity index (χ1v) is 6.71. The van der Waals surface area contributed by atoms with Crippen molar-refractivity contribution in [3.8, 4) is 0 Å². The molecule has 1 saturated heterocycles. The van der Waals surface area contributed by atoms with Gasteiger partial charge in [0.25, 0.3) is 0 Å². The third-order valence-corrected chi connectivity index (χ3v) is 4.30. The second kappa shape index (κ2) is 5.36. The molecule has 0 aromatic rings. The summed E-state index contributed by atoms with van der Waals surface area (Å²) in [7, 11) is 1.90. The Labute approximate surface area is 103 Å². The minimum atomic E-state index is -0.412. The zero-order chi connectivity index (χ0) is 12.3. The van der Waals surface area contributed by atoms with Gasteiger partial charge in [-0.05, 0) is 12.3 Å². The molecule has 0 unspecified atom stereocenters. The van der Waals surface area contributed by atoms with Crippen molar-refractivity contribution in [1.29, 1.82) is 0 Å². The number of carbonyl (C=O) groups excluding carboxylic acids is 1. The number of nitrogens with two attached hydrogens (primary N) is 1. The summed E-state index contributed by atoms with van der Waals surface area (Å²) < 4.78 is 5.15. The van der Waals surface area contributed by atoms with Crippen molar-refractivity contribution in [2.75, 3.05) is 33.4 Å². The standard InChI is InChI=1S/C13H24N2O2/c1-15(7-6-11-4-2-3-5-11)12(16)13(8-14)9-17-10-13/h11H,2-10,14H2,1H3. The number of hydrogen-bond acceptors (Lipinski definition) is 3. The minimum Gasteiger partial charge on any atom is -0.379 e. The van der Waals surface area contributed by atoms with E-state index in [1.54, 1.807) is 0 Å². The summed E-state index contributed by atoms with van der Waals surface area (Å²) in [6.07, 6.45) is 6.55. The normalized spacial score (nSPS) is 23.4. The maximum atomic E-state index is 12.2. The zero-order valence-electron chi connectivity index (χ0n) is 10.8. The highest BCUT2D eigenvalue weighted by molar-refractivity contribution is 5.83. The molecule has 0 aromatic heterocycles. The summed E-state index contributed by atoms with van der Waals surface area (Å²) in [6.45, 7) is 2.26. The van der Waals surface area contributed by atoms with Crippen molar-refractivity contribution < 1.29 is 9.53 Å². The molecule has 0 spiro atoms. The maximum absolute atomic E-state index is 12.2. The highest BCUT2D eigenvalue weighted by Gasteiger charge is 2.46. The number of nitrogens with zero attached hydrogens (tertiary/aromatic N) is 1. The van der Waals surface area contributed by atoms with Gasteiger partial charge in [0, 0.05) is 20.1 Å². The molecule has 1 aliphatic heterocycles. The highest BCUT2D eigenvalue weighted by atomic mass is 16.5. The molecule has 2 N–H and O–H groups in total. The van der Waals surface area contributed by atoms with Crippen LogP contribution in [-0.4, -0.2) is 44.2 Å². The van der Waals surface area contributed by atoms with Gasteiger partial charge in [0.1, 0.15) is 5.41 Å². The summed E-state index contributed by atoms with van der Waals surface area (Å²) in [6, 6.07) is 0. The second-order valence-electron chi connectivity index (χ2n) is 5.64. The Bertz CT molecular complexity index is 265. The van der Waals surface area contributed by atoms with Crippen LogP contribution in [0.5, 0.6) is 0 Å². The lowest BCUT2D eigenvalue weighted by Gasteiger charge is -2.41. The van der Waals surface area contributed by atoms with Gasteiger partial charge >= 0.3 is 0 Å². The van der Waals surface area contributed by atoms with Gasteiger partial charge in [-0.25, -0.2) is 0 Å². The van der Waals surface area contributed by atoms with Crippen molar-refractivity contribution in [1.82, 2.24) is 4.90 Å². The Balaban J connectivity index is 1.78. The molecule has 0 aromatic carbocycles. The van der Waals surface area contributed by atoms with Crippen molar-refractivity contribution in [3.63, 3.8) is 0 Å². The fourth-order valence-corrected chi connectivity index (χ4v) is 2.86. The summed E-state index contributed by atoms with van der Waals surface area (Å²) >= 11 is 0. The van der Waals surface area contributed by atoms with Crippen LogP contribution in [0.2, 0.25) is 0 Å². The first-order valence-electron chi connectivity index (χ1n) is 6.71. The molecule has 1 heterocycles. The molecule has 2 aliphatic rings. The van der Waals surface area contributed by atoms with E-state index < -0.39 is 5.41 Å². The molecule has 2 rings (SSSR count). The number of amides is 1. The Hall–Kier alpha value is -0.610. The Kier molecular flexibility index (Phi) is 4.05. The van der Waals surface area contributed by atoms with E-state index in [-0.39, 0.29) is 5.91 Å². The van der Waals surface area contributed by atoms with Crippen LogP contribution in [0.4, 0.5) is 0 Å². The molecule has 1 saturated carbocycles. The third kappa shape index (κ3) is 2.63. The predicted octanol–water partition coefficient (Wildman–Crippen LogP) is 1.00. The zero-order valence-corrected chi connectivity index (χ0v) is 10.8. The van der Waals surface area contributed by atoms with Crippen molar-refractivity contribution >= 4 is 5.91 Å². The molecule has 98 valence electrons. The average molecular weight is 240 g/mol. The van der Waals surface area contributed by atoms with Gasteiger partial charge in [-0.15, -0.1) is 0 Å². The predicted molar refractivity (Wildman–Crippen MR) is 66.5 cm³/mol. The quantitative estimate of drug-likeness (QED) is 0.780. The molecule has 0 bridgehead atoms. The number of carbonyl (C=O) groups is 1. The Morgan fingerprint density at radius 1 is 1.41 bits per heavy atom. The molecule has 4 heteroatoms. The van der Waals surface area contributed by atoms with E-state index in [4.69, 9.17) is 10.5 Å². The topological polar surface area (TPSA) is 55.6 Å². The van der Waals surface area contributed by atoms with Crippen LogP contribution in [-0.2, 0) is 9.53 Å². The monoisotopic (exact) mass is 240 g/mol. The summed E-state index contributed by atoms with van der Waals surface area (Å²) in [5.74, 6) is 1.00. The van der Waals surface area contributed by atoms with Crippen LogP contribution >= 0.6 is 0 Å². The number of ether oxygens (including phenoxy) is 1. The molecule has 1 amide bonds. The van der Waals surface area contributed by atoms with E-state index in [1.165, 1.54) is 25.7 Å². The van der Waals surface area contributed by atoms with E-state index in [9.17, 15) is 4.79 Å². The first kappa shape index (κ1) is 12.8. The largest absolute Gasteiger partial charge is 0.379 e. The summed E-state index contributed by atoms with van der Waals surface area (Å²) in [5.41, 5.74) is 5.29. The lowest BCUT2D eigenvalue weighted by Crippen LogP contribution is -2.58. The summed E-state index contributed by atoms with van der Waals surface area (Å²) in [5, 5.41) is 0. The molecular weight excluding hydrogens is 216 g/mol. The Morgan fingerprint density at radius 3 is 2.53 bits per heavy atom. The van der Waals surface area contributed by atoms with Crippen LogP contribution < -0.4 is 5.73 Å². The third-order valence-electron chi connectivity index (χ3n) is 4.30. The molecule has 2 fully saturated rings. The van der Waals surface area contributed by atoms with Gasteiger partial charge in [0.05, 0.1) is 13.2 Å². The van der Waals surface area contributed by atoms with Crippen molar-refractivity contribution in [2.45, 2.75) is 32.1 Å².